The van der Waals surface area contributed by atoms with Crippen LogP contribution in [0.2, 0.25) is 0 Å². The van der Waals surface area contributed by atoms with E-state index in [-0.39, 0.29) is 0 Å². The van der Waals surface area contributed by atoms with Crippen LogP contribution in [-0.4, -0.2) is 9.55 Å². The van der Waals surface area contributed by atoms with Crippen LogP contribution < -0.4 is 0 Å². The van der Waals surface area contributed by atoms with Crippen molar-refractivity contribution >= 4 is 22.6 Å². The zero-order valence-electron chi connectivity index (χ0n) is 11.0. The normalized spacial score (nSPS) is 23.9. The Morgan fingerprint density at radius 2 is 2.22 bits per heavy atom. The van der Waals surface area contributed by atoms with Crippen LogP contribution in [0.1, 0.15) is 43.6 Å². The Morgan fingerprint density at radius 1 is 1.39 bits per heavy atom. The molecular weight excluding hydrogens is 244 g/mol. The van der Waals surface area contributed by atoms with Gasteiger partial charge in [-0.15, -0.1) is 11.6 Å². The van der Waals surface area contributed by atoms with Crippen molar-refractivity contribution in [3.63, 3.8) is 0 Å². The fourth-order valence-electron chi connectivity index (χ4n) is 3.28. The van der Waals surface area contributed by atoms with E-state index < -0.39 is 0 Å². The standard InChI is InChI=1S/C15H19ClN2/c1-10-5-3-7-12(10)18-13-8-4-6-11(2)15(13)17-14(18)9-16/h4,6,8,10,12H,3,5,7,9H2,1-2H3. The number of aryl methyl sites for hydroxylation is 1. The summed E-state index contributed by atoms with van der Waals surface area (Å²) < 4.78 is 2.40. The van der Waals surface area contributed by atoms with E-state index in [0.29, 0.717) is 11.9 Å². The number of halogens is 1. The van der Waals surface area contributed by atoms with E-state index in [0.717, 1.165) is 17.3 Å². The van der Waals surface area contributed by atoms with E-state index in [1.54, 1.807) is 0 Å². The second-order valence-electron chi connectivity index (χ2n) is 5.45. The van der Waals surface area contributed by atoms with Crippen LogP contribution in [0.4, 0.5) is 0 Å². The third-order valence-corrected chi connectivity index (χ3v) is 4.50. The number of hydrogen-bond donors (Lipinski definition) is 0. The second kappa shape index (κ2) is 4.58. The van der Waals surface area contributed by atoms with Gasteiger partial charge in [-0.25, -0.2) is 4.98 Å². The van der Waals surface area contributed by atoms with E-state index in [2.05, 4.69) is 36.6 Å². The maximum absolute atomic E-state index is 6.10. The smallest absolute Gasteiger partial charge is 0.125 e. The molecule has 0 N–H and O–H groups in total. The van der Waals surface area contributed by atoms with Crippen LogP contribution in [-0.2, 0) is 5.88 Å². The average molecular weight is 263 g/mol. The summed E-state index contributed by atoms with van der Waals surface area (Å²) in [6.45, 7) is 4.47. The molecule has 1 saturated carbocycles. The predicted octanol–water partition coefficient (Wildman–Crippen LogP) is 4.44. The monoisotopic (exact) mass is 262 g/mol. The SMILES string of the molecule is Cc1cccc2c1nc(CCl)n2C1CCCC1C. The summed E-state index contributed by atoms with van der Waals surface area (Å²) in [5, 5.41) is 0. The Labute approximate surface area is 113 Å². The fourth-order valence-corrected chi connectivity index (χ4v) is 3.47. The lowest BCUT2D eigenvalue weighted by molar-refractivity contribution is 0.408. The van der Waals surface area contributed by atoms with E-state index in [1.165, 1.54) is 30.3 Å². The van der Waals surface area contributed by atoms with Crippen LogP contribution >= 0.6 is 11.6 Å². The van der Waals surface area contributed by atoms with Gasteiger partial charge < -0.3 is 4.57 Å². The Hall–Kier alpha value is -1.02. The molecule has 0 aliphatic heterocycles. The Kier molecular flexibility index (Phi) is 3.06. The largest absolute Gasteiger partial charge is 0.324 e. The van der Waals surface area contributed by atoms with Gasteiger partial charge in [0, 0.05) is 6.04 Å². The topological polar surface area (TPSA) is 17.8 Å². The van der Waals surface area contributed by atoms with Crippen LogP contribution in [0.25, 0.3) is 11.0 Å². The number of alkyl halides is 1. The molecule has 18 heavy (non-hydrogen) atoms. The molecule has 1 aliphatic rings. The van der Waals surface area contributed by atoms with Gasteiger partial charge >= 0.3 is 0 Å². The summed E-state index contributed by atoms with van der Waals surface area (Å²) in [4.78, 5) is 4.74. The minimum atomic E-state index is 0.497. The number of hydrogen-bond acceptors (Lipinski definition) is 1. The van der Waals surface area contributed by atoms with Crippen molar-refractivity contribution in [3.05, 3.63) is 29.6 Å². The van der Waals surface area contributed by atoms with Crippen molar-refractivity contribution in [2.75, 3.05) is 0 Å². The lowest BCUT2D eigenvalue weighted by Gasteiger charge is -2.20. The van der Waals surface area contributed by atoms with Gasteiger partial charge in [-0.05, 0) is 37.3 Å². The van der Waals surface area contributed by atoms with Crippen LogP contribution in [0.5, 0.6) is 0 Å². The van der Waals surface area contributed by atoms with Crippen LogP contribution in [0, 0.1) is 12.8 Å². The maximum Gasteiger partial charge on any atom is 0.125 e. The van der Waals surface area contributed by atoms with Crippen molar-refractivity contribution in [3.8, 4) is 0 Å². The second-order valence-corrected chi connectivity index (χ2v) is 5.72. The molecule has 0 radical (unpaired) electrons. The van der Waals surface area contributed by atoms with Crippen molar-refractivity contribution in [1.29, 1.82) is 0 Å². The number of rotatable bonds is 2. The first kappa shape index (κ1) is 12.0. The zero-order valence-corrected chi connectivity index (χ0v) is 11.7. The van der Waals surface area contributed by atoms with E-state index >= 15 is 0 Å². The predicted molar refractivity (Wildman–Crippen MR) is 76.1 cm³/mol. The van der Waals surface area contributed by atoms with Gasteiger partial charge in [0.25, 0.3) is 0 Å². The molecule has 1 aromatic heterocycles. The molecule has 3 heteroatoms. The zero-order chi connectivity index (χ0) is 12.7. The lowest BCUT2D eigenvalue weighted by Crippen LogP contribution is -2.14. The van der Waals surface area contributed by atoms with Crippen LogP contribution in [0.15, 0.2) is 18.2 Å². The van der Waals surface area contributed by atoms with Crippen LogP contribution in [0.3, 0.4) is 0 Å². The minimum absolute atomic E-state index is 0.497. The molecule has 0 amide bonds. The summed E-state index contributed by atoms with van der Waals surface area (Å²) in [7, 11) is 0. The molecule has 1 aliphatic carbocycles. The molecule has 0 saturated heterocycles. The quantitative estimate of drug-likeness (QED) is 0.732. The highest BCUT2D eigenvalue weighted by molar-refractivity contribution is 6.16. The number of imidazole rings is 1. The van der Waals surface area contributed by atoms with E-state index in [1.807, 2.05) is 0 Å². The highest BCUT2D eigenvalue weighted by Gasteiger charge is 2.28. The first-order valence-electron chi connectivity index (χ1n) is 6.74. The van der Waals surface area contributed by atoms with Crippen molar-refractivity contribution < 1.29 is 0 Å². The highest BCUT2D eigenvalue weighted by atomic mass is 35.5. The maximum atomic E-state index is 6.10. The summed E-state index contributed by atoms with van der Waals surface area (Å²) in [5.74, 6) is 2.25. The van der Waals surface area contributed by atoms with Gasteiger partial charge in [0.05, 0.1) is 16.9 Å². The third kappa shape index (κ3) is 1.74. The molecule has 1 heterocycles. The average Bonchev–Trinajstić information content (AvgIpc) is 2.93. The van der Waals surface area contributed by atoms with Gasteiger partial charge in [0.15, 0.2) is 0 Å². The number of benzene rings is 1. The summed E-state index contributed by atoms with van der Waals surface area (Å²) in [6.07, 6.45) is 3.89. The number of nitrogens with zero attached hydrogens (tertiary/aromatic N) is 2. The Morgan fingerprint density at radius 3 is 2.89 bits per heavy atom. The molecule has 2 aromatic rings. The molecule has 2 nitrogen and oxygen atoms in total. The number of para-hydroxylation sites is 1. The summed E-state index contributed by atoms with van der Waals surface area (Å²) in [6, 6.07) is 6.99. The molecule has 1 aromatic carbocycles. The molecule has 2 unspecified atom stereocenters. The number of fused-ring (bicyclic) bond motifs is 1. The number of aromatic nitrogens is 2. The van der Waals surface area contributed by atoms with Crippen molar-refractivity contribution in [2.24, 2.45) is 5.92 Å². The Bertz CT molecular complexity index is 573. The molecular formula is C15H19ClN2. The van der Waals surface area contributed by atoms with Crippen molar-refractivity contribution in [1.82, 2.24) is 9.55 Å². The summed E-state index contributed by atoms with van der Waals surface area (Å²) in [5.41, 5.74) is 3.61. The third-order valence-electron chi connectivity index (χ3n) is 4.26. The summed E-state index contributed by atoms with van der Waals surface area (Å²) >= 11 is 6.10. The molecule has 0 spiro atoms. The van der Waals surface area contributed by atoms with E-state index in [4.69, 9.17) is 16.6 Å². The molecule has 3 rings (SSSR count). The Balaban J connectivity index is 2.22. The van der Waals surface area contributed by atoms with Gasteiger partial charge in [-0.1, -0.05) is 25.5 Å². The molecule has 96 valence electrons. The van der Waals surface area contributed by atoms with Gasteiger partial charge in [0.2, 0.25) is 0 Å². The first-order valence-corrected chi connectivity index (χ1v) is 7.28. The van der Waals surface area contributed by atoms with E-state index in [9.17, 15) is 0 Å². The minimum Gasteiger partial charge on any atom is -0.324 e. The lowest BCUT2D eigenvalue weighted by atomic mass is 10.1. The molecule has 2 atom stereocenters. The molecule has 0 bridgehead atoms. The van der Waals surface area contributed by atoms with Crippen molar-refractivity contribution in [2.45, 2.75) is 45.0 Å². The van der Waals surface area contributed by atoms with Gasteiger partial charge in [-0.2, -0.15) is 0 Å². The first-order chi connectivity index (χ1) is 8.72. The van der Waals surface area contributed by atoms with Gasteiger partial charge in [-0.3, -0.25) is 0 Å². The molecule has 1 fully saturated rings. The highest BCUT2D eigenvalue weighted by Crippen LogP contribution is 2.38. The fraction of sp³-hybridized carbons (Fsp3) is 0.533. The van der Waals surface area contributed by atoms with Gasteiger partial charge in [0.1, 0.15) is 5.82 Å².